The van der Waals surface area contributed by atoms with Crippen molar-refractivity contribution in [2.45, 2.75) is 42.4 Å². The Morgan fingerprint density at radius 3 is 2.96 bits per heavy atom. The number of nitrogens with zero attached hydrogens (tertiary/aromatic N) is 1. The number of carbonyl (C=O) groups excluding carboxylic acids is 1. The maximum absolute atomic E-state index is 12.4. The van der Waals surface area contributed by atoms with E-state index < -0.39 is 15.6 Å². The van der Waals surface area contributed by atoms with E-state index in [1.807, 2.05) is 6.92 Å². The van der Waals surface area contributed by atoms with E-state index in [1.54, 1.807) is 16.3 Å². The van der Waals surface area contributed by atoms with Crippen LogP contribution in [-0.2, 0) is 14.8 Å². The summed E-state index contributed by atoms with van der Waals surface area (Å²) in [6.07, 6.45) is 3.50. The van der Waals surface area contributed by atoms with Crippen molar-refractivity contribution in [1.29, 1.82) is 0 Å². The Morgan fingerprint density at radius 1 is 1.50 bits per heavy atom. The zero-order chi connectivity index (χ0) is 17.4. The molecule has 1 saturated carbocycles. The second-order valence-electron chi connectivity index (χ2n) is 6.77. The van der Waals surface area contributed by atoms with Gasteiger partial charge in [0.15, 0.2) is 0 Å². The van der Waals surface area contributed by atoms with Gasteiger partial charge < -0.3 is 10.0 Å². The van der Waals surface area contributed by atoms with Crippen LogP contribution in [0.4, 0.5) is 0 Å². The third-order valence-electron chi connectivity index (χ3n) is 5.45. The number of hydrogen-bond donors (Lipinski definition) is 2. The first kappa shape index (κ1) is 17.8. The number of thiophene rings is 1. The molecule has 1 aliphatic carbocycles. The lowest BCUT2D eigenvalue weighted by Crippen LogP contribution is -2.45. The van der Waals surface area contributed by atoms with E-state index in [4.69, 9.17) is 0 Å². The molecule has 3 rings (SSSR count). The molecular weight excluding hydrogens is 348 g/mol. The van der Waals surface area contributed by atoms with Crippen molar-refractivity contribution in [3.63, 3.8) is 0 Å². The van der Waals surface area contributed by atoms with Crippen LogP contribution < -0.4 is 4.72 Å². The van der Waals surface area contributed by atoms with E-state index in [1.165, 1.54) is 6.07 Å². The summed E-state index contributed by atoms with van der Waals surface area (Å²) in [4.78, 5) is 14.1. The fourth-order valence-corrected chi connectivity index (χ4v) is 6.04. The molecule has 2 heterocycles. The van der Waals surface area contributed by atoms with Gasteiger partial charge in [0.2, 0.25) is 5.91 Å². The zero-order valence-electron chi connectivity index (χ0n) is 13.8. The molecule has 8 heteroatoms. The van der Waals surface area contributed by atoms with Crippen LogP contribution >= 0.6 is 11.3 Å². The van der Waals surface area contributed by atoms with Crippen molar-refractivity contribution in [2.24, 2.45) is 11.8 Å². The van der Waals surface area contributed by atoms with Gasteiger partial charge in [-0.25, -0.2) is 13.1 Å². The van der Waals surface area contributed by atoms with Gasteiger partial charge in [0.1, 0.15) is 4.21 Å². The number of aliphatic hydroxyl groups is 1. The summed E-state index contributed by atoms with van der Waals surface area (Å²) >= 11 is 1.12. The SMILES string of the molecule is CC[C@]1(O)CCC[C@H]2CN(C(=O)CNS(=O)(=O)c3cccs3)C[C@H]21. The lowest BCUT2D eigenvalue weighted by atomic mass is 9.69. The molecule has 1 amide bonds. The standard InChI is InChI=1S/C16H24N2O4S2/c1-2-16(20)7-3-5-12-10-18(11-13(12)16)14(19)9-17-24(21,22)15-6-4-8-23-15/h4,6,8,12-13,17,20H,2-3,5,7,9-11H2,1H3/t12-,13+,16-/m0/s1. The van der Waals surface area contributed by atoms with Crippen LogP contribution in [0, 0.1) is 11.8 Å². The fraction of sp³-hybridized carbons (Fsp3) is 0.688. The van der Waals surface area contributed by atoms with E-state index in [0.29, 0.717) is 25.4 Å². The Hall–Kier alpha value is -0.960. The monoisotopic (exact) mass is 372 g/mol. The molecule has 2 N–H and O–H groups in total. The van der Waals surface area contributed by atoms with E-state index in [9.17, 15) is 18.3 Å². The van der Waals surface area contributed by atoms with Crippen LogP contribution in [0.1, 0.15) is 32.6 Å². The van der Waals surface area contributed by atoms with Gasteiger partial charge in [-0.15, -0.1) is 11.3 Å². The molecule has 0 unspecified atom stereocenters. The summed E-state index contributed by atoms with van der Waals surface area (Å²) < 4.78 is 26.8. The highest BCUT2D eigenvalue weighted by atomic mass is 32.2. The van der Waals surface area contributed by atoms with E-state index >= 15 is 0 Å². The number of fused-ring (bicyclic) bond motifs is 1. The largest absolute Gasteiger partial charge is 0.390 e. The number of amides is 1. The van der Waals surface area contributed by atoms with Crippen LogP contribution in [-0.4, -0.2) is 49.6 Å². The maximum atomic E-state index is 12.4. The van der Waals surface area contributed by atoms with Crippen molar-refractivity contribution in [3.05, 3.63) is 17.5 Å². The summed E-state index contributed by atoms with van der Waals surface area (Å²) in [6, 6.07) is 3.18. The summed E-state index contributed by atoms with van der Waals surface area (Å²) in [7, 11) is -3.62. The molecule has 1 saturated heterocycles. The van der Waals surface area contributed by atoms with Gasteiger partial charge in [-0.2, -0.15) is 0 Å². The first-order chi connectivity index (χ1) is 11.4. The van der Waals surface area contributed by atoms with Crippen molar-refractivity contribution >= 4 is 27.3 Å². The normalized spacial score (nSPS) is 30.3. The molecule has 3 atom stereocenters. The van der Waals surface area contributed by atoms with Gasteiger partial charge in [-0.1, -0.05) is 19.4 Å². The average Bonchev–Trinajstić information content (AvgIpc) is 3.23. The minimum absolute atomic E-state index is 0.106. The summed E-state index contributed by atoms with van der Waals surface area (Å²) in [5, 5.41) is 12.5. The van der Waals surface area contributed by atoms with Crippen LogP contribution in [0.5, 0.6) is 0 Å². The number of rotatable bonds is 5. The molecule has 1 aliphatic heterocycles. The topological polar surface area (TPSA) is 86.7 Å². The quantitative estimate of drug-likeness (QED) is 0.818. The molecule has 6 nitrogen and oxygen atoms in total. The van der Waals surface area contributed by atoms with Crippen molar-refractivity contribution in [3.8, 4) is 0 Å². The summed E-state index contributed by atoms with van der Waals surface area (Å²) in [5.74, 6) is 0.207. The molecule has 0 bridgehead atoms. The number of hydrogen-bond acceptors (Lipinski definition) is 5. The first-order valence-corrected chi connectivity index (χ1v) is 10.8. The lowest BCUT2D eigenvalue weighted by molar-refractivity contribution is -0.129. The third kappa shape index (κ3) is 3.37. The third-order valence-corrected chi connectivity index (χ3v) is 8.25. The Bertz CT molecular complexity index is 689. The number of nitrogens with one attached hydrogen (secondary N) is 1. The van der Waals surface area contributed by atoms with E-state index in [-0.39, 0.29) is 22.6 Å². The maximum Gasteiger partial charge on any atom is 0.250 e. The molecular formula is C16H24N2O4S2. The second-order valence-corrected chi connectivity index (χ2v) is 9.71. The van der Waals surface area contributed by atoms with E-state index in [0.717, 1.165) is 30.6 Å². The smallest absolute Gasteiger partial charge is 0.250 e. The van der Waals surface area contributed by atoms with Gasteiger partial charge in [0.05, 0.1) is 12.1 Å². The molecule has 2 aliphatic rings. The number of carbonyl (C=O) groups is 1. The summed E-state index contributed by atoms with van der Waals surface area (Å²) in [6.45, 7) is 2.90. The van der Waals surface area contributed by atoms with Crippen LogP contribution in [0.25, 0.3) is 0 Å². The van der Waals surface area contributed by atoms with Gasteiger partial charge >= 0.3 is 0 Å². The molecule has 2 fully saturated rings. The summed E-state index contributed by atoms with van der Waals surface area (Å²) in [5.41, 5.74) is -0.686. The highest BCUT2D eigenvalue weighted by Gasteiger charge is 2.48. The number of sulfonamides is 1. The van der Waals surface area contributed by atoms with Crippen LogP contribution in [0.15, 0.2) is 21.7 Å². The molecule has 24 heavy (non-hydrogen) atoms. The highest BCUT2D eigenvalue weighted by molar-refractivity contribution is 7.91. The number of likely N-dealkylation sites (tertiary alicyclic amines) is 1. The molecule has 0 spiro atoms. The van der Waals surface area contributed by atoms with Crippen molar-refractivity contribution < 1.29 is 18.3 Å². The predicted molar refractivity (Wildman–Crippen MR) is 92.2 cm³/mol. The average molecular weight is 373 g/mol. The Kier molecular flexibility index (Phi) is 5.01. The van der Waals surface area contributed by atoms with Crippen molar-refractivity contribution in [1.82, 2.24) is 9.62 Å². The Balaban J connectivity index is 1.61. The fourth-order valence-electron chi connectivity index (χ4n) is 4.03. The highest BCUT2D eigenvalue weighted by Crippen LogP contribution is 2.44. The molecule has 134 valence electrons. The van der Waals surface area contributed by atoms with Crippen LogP contribution in [0.2, 0.25) is 0 Å². The lowest BCUT2D eigenvalue weighted by Gasteiger charge is -2.40. The molecule has 0 aromatic carbocycles. The Labute approximate surface area is 146 Å². The minimum atomic E-state index is -3.62. The minimum Gasteiger partial charge on any atom is -0.390 e. The zero-order valence-corrected chi connectivity index (χ0v) is 15.4. The molecule has 1 aromatic rings. The van der Waals surface area contributed by atoms with E-state index in [2.05, 4.69) is 4.72 Å². The predicted octanol–water partition coefficient (Wildman–Crippen LogP) is 1.43. The second kappa shape index (κ2) is 6.74. The first-order valence-electron chi connectivity index (χ1n) is 8.39. The molecule has 1 aromatic heterocycles. The van der Waals surface area contributed by atoms with Gasteiger partial charge in [-0.05, 0) is 36.6 Å². The Morgan fingerprint density at radius 2 is 2.29 bits per heavy atom. The van der Waals surface area contributed by atoms with Crippen molar-refractivity contribution in [2.75, 3.05) is 19.6 Å². The van der Waals surface area contributed by atoms with Gasteiger partial charge in [0, 0.05) is 19.0 Å². The van der Waals surface area contributed by atoms with Gasteiger partial charge in [0.25, 0.3) is 10.0 Å². The van der Waals surface area contributed by atoms with Crippen LogP contribution in [0.3, 0.4) is 0 Å². The van der Waals surface area contributed by atoms with Gasteiger partial charge in [-0.3, -0.25) is 4.79 Å². The molecule has 0 radical (unpaired) electrons.